The lowest BCUT2D eigenvalue weighted by atomic mass is 10.2. The average Bonchev–Trinajstić information content (AvgIpc) is 2.94. The van der Waals surface area contributed by atoms with Gasteiger partial charge in [-0.3, -0.25) is 10.1 Å². The van der Waals surface area contributed by atoms with Crippen molar-refractivity contribution >= 4 is 17.0 Å². The number of nitrogens with one attached hydrogen (secondary N) is 1. The highest BCUT2D eigenvalue weighted by Crippen LogP contribution is 2.29. The first-order chi connectivity index (χ1) is 10.1. The predicted octanol–water partition coefficient (Wildman–Crippen LogP) is 3.18. The van der Waals surface area contributed by atoms with Crippen LogP contribution in [0.25, 0.3) is 10.4 Å². The lowest BCUT2D eigenvalue weighted by molar-refractivity contribution is -0.384. The molecule has 112 valence electrons. The highest BCUT2D eigenvalue weighted by atomic mass is 32.1. The third-order valence-corrected chi connectivity index (χ3v) is 4.35. The van der Waals surface area contributed by atoms with E-state index in [1.54, 1.807) is 23.5 Å². The zero-order chi connectivity index (χ0) is 15.2. The van der Waals surface area contributed by atoms with Crippen LogP contribution in [0, 0.1) is 10.1 Å². The number of aliphatic hydroxyl groups is 1. The Morgan fingerprint density at radius 2 is 2.00 bits per heavy atom. The van der Waals surface area contributed by atoms with E-state index < -0.39 is 4.92 Å². The van der Waals surface area contributed by atoms with Gasteiger partial charge in [0.25, 0.3) is 5.69 Å². The fourth-order valence-electron chi connectivity index (χ4n) is 1.95. The quantitative estimate of drug-likeness (QED) is 0.608. The second kappa shape index (κ2) is 7.31. The maximum Gasteiger partial charge on any atom is 0.269 e. The first kappa shape index (κ1) is 15.6. The number of nitro groups is 1. The molecule has 6 heteroatoms. The summed E-state index contributed by atoms with van der Waals surface area (Å²) < 4.78 is 0. The fraction of sp³-hybridized carbons (Fsp3) is 0.333. The van der Waals surface area contributed by atoms with Crippen LogP contribution in [0.4, 0.5) is 5.69 Å². The summed E-state index contributed by atoms with van der Waals surface area (Å²) in [5, 5.41) is 22.8. The zero-order valence-electron chi connectivity index (χ0n) is 11.8. The molecule has 1 atom stereocenters. The van der Waals surface area contributed by atoms with Gasteiger partial charge in [-0.05, 0) is 43.2 Å². The normalized spacial score (nSPS) is 12.3. The Morgan fingerprint density at radius 1 is 1.29 bits per heavy atom. The molecule has 0 aliphatic carbocycles. The first-order valence-electron chi connectivity index (χ1n) is 6.78. The zero-order valence-corrected chi connectivity index (χ0v) is 12.6. The molecule has 0 saturated heterocycles. The van der Waals surface area contributed by atoms with Crippen molar-refractivity contribution in [3.8, 4) is 10.4 Å². The molecule has 1 aromatic carbocycles. The van der Waals surface area contributed by atoms with E-state index in [9.17, 15) is 10.1 Å². The Kier molecular flexibility index (Phi) is 5.44. The number of hydrogen-bond acceptors (Lipinski definition) is 5. The minimum absolute atomic E-state index is 0.107. The summed E-state index contributed by atoms with van der Waals surface area (Å²) in [6.45, 7) is 2.99. The maximum atomic E-state index is 10.6. The summed E-state index contributed by atoms with van der Waals surface area (Å²) in [4.78, 5) is 12.5. The standard InChI is InChI=1S/C15H18N2O3S/c1-11(8-9-18)16-10-14-6-7-15(21-14)12-2-4-13(5-3-12)17(19)20/h2-7,11,16,18H,8-10H2,1H3. The number of nitro benzene ring substituents is 1. The van der Waals surface area contributed by atoms with E-state index in [4.69, 9.17) is 5.11 Å². The fourth-order valence-corrected chi connectivity index (χ4v) is 2.91. The molecule has 0 spiro atoms. The SMILES string of the molecule is CC(CCO)NCc1ccc(-c2ccc([N+](=O)[O-])cc2)s1. The molecule has 0 saturated carbocycles. The number of nitrogens with zero attached hydrogens (tertiary/aromatic N) is 1. The monoisotopic (exact) mass is 306 g/mol. The summed E-state index contributed by atoms with van der Waals surface area (Å²) >= 11 is 1.67. The molecule has 5 nitrogen and oxygen atoms in total. The second-order valence-corrected chi connectivity index (χ2v) is 6.03. The molecule has 0 aliphatic rings. The van der Waals surface area contributed by atoms with Crippen molar-refractivity contribution in [2.45, 2.75) is 25.9 Å². The lowest BCUT2D eigenvalue weighted by Gasteiger charge is -2.10. The molecule has 2 aromatic rings. The van der Waals surface area contributed by atoms with E-state index in [1.807, 2.05) is 13.0 Å². The van der Waals surface area contributed by atoms with Crippen LogP contribution in [-0.2, 0) is 6.54 Å². The Morgan fingerprint density at radius 3 is 2.62 bits per heavy atom. The molecule has 2 rings (SSSR count). The van der Waals surface area contributed by atoms with Gasteiger partial charge in [-0.2, -0.15) is 0 Å². The molecule has 2 N–H and O–H groups in total. The molecule has 0 amide bonds. The van der Waals surface area contributed by atoms with Gasteiger partial charge in [-0.15, -0.1) is 11.3 Å². The summed E-state index contributed by atoms with van der Waals surface area (Å²) in [6, 6.07) is 11.0. The van der Waals surface area contributed by atoms with Crippen LogP contribution < -0.4 is 5.32 Å². The van der Waals surface area contributed by atoms with Crippen molar-refractivity contribution in [3.63, 3.8) is 0 Å². The number of benzene rings is 1. The van der Waals surface area contributed by atoms with Crippen molar-refractivity contribution in [1.29, 1.82) is 0 Å². The van der Waals surface area contributed by atoms with Crippen molar-refractivity contribution in [2.24, 2.45) is 0 Å². The maximum absolute atomic E-state index is 10.6. The Balaban J connectivity index is 2.00. The van der Waals surface area contributed by atoms with E-state index in [0.717, 1.165) is 23.4 Å². The summed E-state index contributed by atoms with van der Waals surface area (Å²) in [6.07, 6.45) is 0.737. The third kappa shape index (κ3) is 4.35. The van der Waals surface area contributed by atoms with Gasteiger partial charge < -0.3 is 10.4 Å². The van der Waals surface area contributed by atoms with Gasteiger partial charge in [-0.25, -0.2) is 0 Å². The van der Waals surface area contributed by atoms with Crippen molar-refractivity contribution in [1.82, 2.24) is 5.32 Å². The van der Waals surface area contributed by atoms with E-state index >= 15 is 0 Å². The summed E-state index contributed by atoms with van der Waals surface area (Å²) in [5.41, 5.74) is 1.09. The minimum Gasteiger partial charge on any atom is -0.396 e. The van der Waals surface area contributed by atoms with Gasteiger partial charge in [0.05, 0.1) is 4.92 Å². The highest BCUT2D eigenvalue weighted by Gasteiger charge is 2.08. The average molecular weight is 306 g/mol. The minimum atomic E-state index is -0.393. The van der Waals surface area contributed by atoms with Crippen LogP contribution in [0.3, 0.4) is 0 Å². The predicted molar refractivity (Wildman–Crippen MR) is 84.4 cm³/mol. The molecule has 0 fully saturated rings. The molecule has 0 bridgehead atoms. The molecule has 21 heavy (non-hydrogen) atoms. The second-order valence-electron chi connectivity index (χ2n) is 4.86. The summed E-state index contributed by atoms with van der Waals surface area (Å²) in [7, 11) is 0. The molecule has 1 heterocycles. The smallest absolute Gasteiger partial charge is 0.269 e. The number of thiophene rings is 1. The highest BCUT2D eigenvalue weighted by molar-refractivity contribution is 7.15. The van der Waals surface area contributed by atoms with Gasteiger partial charge in [0.15, 0.2) is 0 Å². The van der Waals surface area contributed by atoms with Crippen LogP contribution in [0.2, 0.25) is 0 Å². The van der Waals surface area contributed by atoms with Gasteiger partial charge in [0.1, 0.15) is 0 Å². The molecular formula is C15H18N2O3S. The van der Waals surface area contributed by atoms with Crippen LogP contribution in [0.15, 0.2) is 36.4 Å². The first-order valence-corrected chi connectivity index (χ1v) is 7.59. The third-order valence-electron chi connectivity index (χ3n) is 3.21. The lowest BCUT2D eigenvalue weighted by Crippen LogP contribution is -2.25. The van der Waals surface area contributed by atoms with E-state index in [0.29, 0.717) is 0 Å². The largest absolute Gasteiger partial charge is 0.396 e. The number of rotatable bonds is 7. The molecule has 0 aliphatic heterocycles. The topological polar surface area (TPSA) is 75.4 Å². The molecule has 1 aromatic heterocycles. The number of non-ortho nitro benzene ring substituents is 1. The van der Waals surface area contributed by atoms with Crippen LogP contribution in [0.5, 0.6) is 0 Å². The van der Waals surface area contributed by atoms with E-state index in [-0.39, 0.29) is 18.3 Å². The Bertz CT molecular complexity index is 595. The number of aliphatic hydroxyl groups excluding tert-OH is 1. The summed E-state index contributed by atoms with van der Waals surface area (Å²) in [5.74, 6) is 0. The van der Waals surface area contributed by atoms with Gasteiger partial charge in [-0.1, -0.05) is 0 Å². The van der Waals surface area contributed by atoms with Crippen LogP contribution in [-0.4, -0.2) is 22.7 Å². The van der Waals surface area contributed by atoms with Crippen molar-refractivity contribution in [3.05, 3.63) is 51.4 Å². The molecule has 0 radical (unpaired) electrons. The molecule has 1 unspecified atom stereocenters. The van der Waals surface area contributed by atoms with Crippen LogP contribution >= 0.6 is 11.3 Å². The number of hydrogen-bond donors (Lipinski definition) is 2. The van der Waals surface area contributed by atoms with Crippen molar-refractivity contribution < 1.29 is 10.0 Å². The Labute approximate surface area is 127 Å². The van der Waals surface area contributed by atoms with E-state index in [2.05, 4.69) is 11.4 Å². The van der Waals surface area contributed by atoms with Crippen LogP contribution in [0.1, 0.15) is 18.2 Å². The molecular weight excluding hydrogens is 288 g/mol. The van der Waals surface area contributed by atoms with Gasteiger partial charge >= 0.3 is 0 Å². The van der Waals surface area contributed by atoms with E-state index in [1.165, 1.54) is 17.0 Å². The Hall–Kier alpha value is -1.76. The van der Waals surface area contributed by atoms with Gasteiger partial charge in [0, 0.05) is 41.1 Å². The van der Waals surface area contributed by atoms with Gasteiger partial charge in [0.2, 0.25) is 0 Å². The van der Waals surface area contributed by atoms with Crippen molar-refractivity contribution in [2.75, 3.05) is 6.61 Å².